The first-order chi connectivity index (χ1) is 24.0. The highest BCUT2D eigenvalue weighted by molar-refractivity contribution is 7.09. The van der Waals surface area contributed by atoms with E-state index in [4.69, 9.17) is 23.7 Å². The summed E-state index contributed by atoms with van der Waals surface area (Å²) < 4.78 is 29.5. The Balaban J connectivity index is 1.02. The molecule has 10 nitrogen and oxygen atoms in total. The molecule has 3 atom stereocenters. The smallest absolute Gasteiger partial charge is 0.407 e. The summed E-state index contributed by atoms with van der Waals surface area (Å²) in [7, 11) is 0. The Kier molecular flexibility index (Phi) is 12.8. The maximum atomic E-state index is 11.9. The average molecular weight is 691 g/mol. The summed E-state index contributed by atoms with van der Waals surface area (Å²) in [5.74, 6) is 1.55. The first-order valence-electron chi connectivity index (χ1n) is 17.1. The van der Waals surface area contributed by atoms with Crippen molar-refractivity contribution in [3.63, 3.8) is 0 Å². The summed E-state index contributed by atoms with van der Waals surface area (Å²) in [5, 5.41) is 24.4. The monoisotopic (exact) mass is 690 g/mol. The van der Waals surface area contributed by atoms with Gasteiger partial charge in [-0.1, -0.05) is 36.4 Å². The van der Waals surface area contributed by atoms with Crippen LogP contribution < -0.4 is 9.47 Å². The maximum Gasteiger partial charge on any atom is 0.407 e. The number of carboxylic acid groups (broad SMARTS) is 1. The summed E-state index contributed by atoms with van der Waals surface area (Å²) in [6.45, 7) is 6.78. The molecule has 0 radical (unpaired) electrons. The van der Waals surface area contributed by atoms with Crippen LogP contribution in [0.15, 0.2) is 78.2 Å². The molecule has 0 saturated carbocycles. The molecule has 2 N–H and O–H groups in total. The van der Waals surface area contributed by atoms with Crippen molar-refractivity contribution in [1.29, 1.82) is 0 Å². The van der Waals surface area contributed by atoms with Crippen LogP contribution in [0.5, 0.6) is 11.5 Å². The second-order valence-corrected chi connectivity index (χ2v) is 13.6. The van der Waals surface area contributed by atoms with Crippen molar-refractivity contribution in [2.45, 2.75) is 44.2 Å². The van der Waals surface area contributed by atoms with Gasteiger partial charge in [0, 0.05) is 43.4 Å². The number of piperidine rings is 1. The van der Waals surface area contributed by atoms with Gasteiger partial charge in [-0.05, 0) is 70.1 Å². The zero-order valence-corrected chi connectivity index (χ0v) is 28.6. The number of thiophene rings is 1. The third-order valence-electron chi connectivity index (χ3n) is 9.02. The molecule has 1 amide bonds. The van der Waals surface area contributed by atoms with Gasteiger partial charge in [-0.25, -0.2) is 4.79 Å². The molecule has 262 valence electrons. The van der Waals surface area contributed by atoms with E-state index in [1.54, 1.807) is 11.3 Å². The van der Waals surface area contributed by atoms with Crippen LogP contribution in [0.1, 0.15) is 34.8 Å². The van der Waals surface area contributed by atoms with Crippen molar-refractivity contribution in [3.05, 3.63) is 94.2 Å². The van der Waals surface area contributed by atoms with Crippen LogP contribution in [0.3, 0.4) is 0 Å². The van der Waals surface area contributed by atoms with Crippen LogP contribution in [0, 0.1) is 0 Å². The number of amides is 1. The number of nitrogens with zero attached hydrogens (tertiary/aromatic N) is 2. The van der Waals surface area contributed by atoms with Gasteiger partial charge in [0.1, 0.15) is 24.2 Å². The molecule has 6 rings (SSSR count). The van der Waals surface area contributed by atoms with Crippen molar-refractivity contribution < 1.29 is 38.7 Å². The van der Waals surface area contributed by atoms with Crippen LogP contribution in [0.2, 0.25) is 0 Å². The highest BCUT2D eigenvalue weighted by Gasteiger charge is 2.33. The van der Waals surface area contributed by atoms with E-state index in [-0.39, 0.29) is 18.6 Å². The Morgan fingerprint density at radius 1 is 0.918 bits per heavy atom. The molecule has 3 heterocycles. The van der Waals surface area contributed by atoms with E-state index in [0.29, 0.717) is 71.4 Å². The minimum absolute atomic E-state index is 0.0552. The number of carbonyl (C=O) groups is 1. The first kappa shape index (κ1) is 35.1. The Morgan fingerprint density at radius 2 is 1.73 bits per heavy atom. The van der Waals surface area contributed by atoms with Crippen LogP contribution in [0.25, 0.3) is 10.8 Å². The number of hydrogen-bond acceptors (Lipinski definition) is 9. The highest BCUT2D eigenvalue weighted by atomic mass is 32.1. The molecule has 0 bridgehead atoms. The standard InChI is InChI=1S/C38H46N2O8S/c41-32(23-39-14-18-44-19-15-39)26-47-34-11-6-29-5-4-28(21-31(29)22-34)25-48-37-24-40(38(42)43)13-12-36(37)30-7-9-33(10-8-30)46-17-2-16-45-27-35-3-1-20-49-35/h1,3-11,20-22,32,36-37,41H,2,12-19,23-27H2,(H,42,43)/t32-,36+,37-/m1/s1. The van der Waals surface area contributed by atoms with Gasteiger partial charge in [-0.2, -0.15) is 0 Å². The van der Waals surface area contributed by atoms with Gasteiger partial charge in [-0.3, -0.25) is 4.90 Å². The second kappa shape index (κ2) is 17.8. The van der Waals surface area contributed by atoms with Crippen LogP contribution in [-0.2, 0) is 27.4 Å². The normalized spacial score (nSPS) is 19.2. The predicted octanol–water partition coefficient (Wildman–Crippen LogP) is 6.01. The summed E-state index contributed by atoms with van der Waals surface area (Å²) >= 11 is 1.70. The van der Waals surface area contributed by atoms with Crippen molar-refractivity contribution in [2.24, 2.45) is 0 Å². The zero-order valence-electron chi connectivity index (χ0n) is 27.8. The lowest BCUT2D eigenvalue weighted by Gasteiger charge is -2.37. The Labute approximate surface area is 291 Å². The lowest BCUT2D eigenvalue weighted by Crippen LogP contribution is -2.46. The molecule has 2 fully saturated rings. The maximum absolute atomic E-state index is 11.9. The first-order valence-corrected chi connectivity index (χ1v) is 17.9. The van der Waals surface area contributed by atoms with Gasteiger partial charge >= 0.3 is 6.09 Å². The van der Waals surface area contributed by atoms with Gasteiger partial charge in [0.2, 0.25) is 0 Å². The molecule has 49 heavy (non-hydrogen) atoms. The number of fused-ring (bicyclic) bond motifs is 1. The van der Waals surface area contributed by atoms with Gasteiger partial charge in [0.25, 0.3) is 0 Å². The van der Waals surface area contributed by atoms with Gasteiger partial charge in [-0.15, -0.1) is 11.3 Å². The van der Waals surface area contributed by atoms with E-state index < -0.39 is 12.2 Å². The molecule has 4 aromatic rings. The minimum atomic E-state index is -0.927. The quantitative estimate of drug-likeness (QED) is 0.137. The number of rotatable bonds is 16. The van der Waals surface area contributed by atoms with E-state index >= 15 is 0 Å². The van der Waals surface area contributed by atoms with Crippen molar-refractivity contribution in [1.82, 2.24) is 9.80 Å². The number of β-amino-alcohol motifs (C(OH)–C–C–N with tert-alkyl or cyclic N) is 1. The lowest BCUT2D eigenvalue weighted by molar-refractivity contribution is -0.0199. The molecule has 1 aromatic heterocycles. The van der Waals surface area contributed by atoms with E-state index in [1.165, 1.54) is 9.78 Å². The number of morpholine rings is 1. The molecule has 11 heteroatoms. The van der Waals surface area contributed by atoms with Gasteiger partial charge < -0.3 is 38.8 Å². The van der Waals surface area contributed by atoms with Crippen molar-refractivity contribution in [2.75, 3.05) is 65.8 Å². The Bertz CT molecular complexity index is 1600. The molecule has 0 aliphatic carbocycles. The molecule has 2 aliphatic heterocycles. The van der Waals surface area contributed by atoms with E-state index in [9.17, 15) is 15.0 Å². The topological polar surface area (TPSA) is 110 Å². The van der Waals surface area contributed by atoms with Gasteiger partial charge in [0.15, 0.2) is 0 Å². The molecule has 0 unspecified atom stereocenters. The second-order valence-electron chi connectivity index (χ2n) is 12.6. The average Bonchev–Trinajstić information content (AvgIpc) is 3.65. The number of aliphatic hydroxyl groups excluding tert-OH is 1. The van der Waals surface area contributed by atoms with Crippen molar-refractivity contribution >= 4 is 28.2 Å². The summed E-state index contributed by atoms with van der Waals surface area (Å²) in [6.07, 6.45) is -0.330. The third kappa shape index (κ3) is 10.4. The number of ether oxygens (including phenoxy) is 5. The SMILES string of the molecule is O=C(O)N1CC[C@@H](c2ccc(OCCCOCc3cccs3)cc2)[C@H](OCc2ccc3ccc(OC[C@H](O)CN4CCOCC4)cc3c2)C1. The molecule has 2 saturated heterocycles. The Hall–Kier alpha value is -3.71. The molecule has 0 spiro atoms. The Morgan fingerprint density at radius 3 is 2.53 bits per heavy atom. The highest BCUT2D eigenvalue weighted by Crippen LogP contribution is 2.33. The fraction of sp³-hybridized carbons (Fsp3) is 0.447. The lowest BCUT2D eigenvalue weighted by atomic mass is 9.87. The molecule has 3 aromatic carbocycles. The van der Waals surface area contributed by atoms with E-state index in [1.807, 2.05) is 42.5 Å². The summed E-state index contributed by atoms with van der Waals surface area (Å²) in [4.78, 5) is 16.7. The van der Waals surface area contributed by atoms with E-state index in [0.717, 1.165) is 47.2 Å². The number of hydrogen-bond donors (Lipinski definition) is 2. The van der Waals surface area contributed by atoms with Crippen LogP contribution in [0.4, 0.5) is 4.79 Å². The molecular formula is C38H46N2O8S. The van der Waals surface area contributed by atoms with E-state index in [2.05, 4.69) is 40.6 Å². The van der Waals surface area contributed by atoms with Crippen LogP contribution in [-0.4, -0.2) is 104 Å². The van der Waals surface area contributed by atoms with Crippen molar-refractivity contribution in [3.8, 4) is 11.5 Å². The fourth-order valence-corrected chi connectivity index (χ4v) is 6.99. The molecule has 2 aliphatic rings. The third-order valence-corrected chi connectivity index (χ3v) is 9.87. The number of benzene rings is 3. The zero-order chi connectivity index (χ0) is 33.8. The number of aliphatic hydroxyl groups is 1. The largest absolute Gasteiger partial charge is 0.494 e. The number of likely N-dealkylation sites (tertiary alicyclic amines) is 1. The summed E-state index contributed by atoms with van der Waals surface area (Å²) in [6, 6.07) is 24.3. The van der Waals surface area contributed by atoms with Gasteiger partial charge in [0.05, 0.1) is 52.3 Å². The summed E-state index contributed by atoms with van der Waals surface area (Å²) in [5.41, 5.74) is 2.10. The predicted molar refractivity (Wildman–Crippen MR) is 189 cm³/mol. The fourth-order valence-electron chi connectivity index (χ4n) is 6.35. The molecular weight excluding hydrogens is 644 g/mol. The van der Waals surface area contributed by atoms with Crippen LogP contribution >= 0.6 is 11.3 Å². The minimum Gasteiger partial charge on any atom is -0.494 e.